The third kappa shape index (κ3) is 2.40. The molecular formula is C10H11N3O2S. The molecule has 6 heteroatoms. The molecule has 1 aromatic rings. The summed E-state index contributed by atoms with van der Waals surface area (Å²) in [6.07, 6.45) is 3.84. The standard InChI is InChI=1S/C10H11N3O2S/c1-2-15-9-5-11-3-7(13-9)8-4-12-10(6-14)16-8/h3-4,6,9H,2,5H2,1H3. The van der Waals surface area contributed by atoms with Gasteiger partial charge in [0, 0.05) is 19.0 Å². The highest BCUT2D eigenvalue weighted by molar-refractivity contribution is 7.15. The van der Waals surface area contributed by atoms with Gasteiger partial charge in [0.2, 0.25) is 0 Å². The van der Waals surface area contributed by atoms with E-state index in [0.717, 1.165) is 16.9 Å². The summed E-state index contributed by atoms with van der Waals surface area (Å²) in [4.78, 5) is 23.9. The monoisotopic (exact) mass is 237 g/mol. The van der Waals surface area contributed by atoms with Crippen LogP contribution in [0.25, 0.3) is 0 Å². The van der Waals surface area contributed by atoms with Gasteiger partial charge in [-0.25, -0.2) is 9.98 Å². The number of hydrogen-bond acceptors (Lipinski definition) is 6. The van der Waals surface area contributed by atoms with Gasteiger partial charge >= 0.3 is 0 Å². The van der Waals surface area contributed by atoms with E-state index in [4.69, 9.17) is 4.74 Å². The molecule has 0 aliphatic carbocycles. The number of thiazole rings is 1. The second-order valence-corrected chi connectivity index (χ2v) is 4.16. The summed E-state index contributed by atoms with van der Waals surface area (Å²) in [6.45, 7) is 3.08. The van der Waals surface area contributed by atoms with Gasteiger partial charge in [0.1, 0.15) is 0 Å². The molecule has 2 rings (SSSR count). The van der Waals surface area contributed by atoms with Gasteiger partial charge in [0.15, 0.2) is 17.5 Å². The van der Waals surface area contributed by atoms with Crippen LogP contribution in [0.1, 0.15) is 21.6 Å². The van der Waals surface area contributed by atoms with Crippen molar-refractivity contribution in [3.05, 3.63) is 16.1 Å². The smallest absolute Gasteiger partial charge is 0.178 e. The number of aldehydes is 1. The summed E-state index contributed by atoms with van der Waals surface area (Å²) in [5, 5.41) is 0.449. The first kappa shape index (κ1) is 11.1. The van der Waals surface area contributed by atoms with E-state index in [0.29, 0.717) is 18.2 Å². The second kappa shape index (κ2) is 5.09. The minimum absolute atomic E-state index is 0.216. The van der Waals surface area contributed by atoms with Crippen LogP contribution in [-0.2, 0) is 4.74 Å². The van der Waals surface area contributed by atoms with Crippen LogP contribution in [-0.4, -0.2) is 42.6 Å². The lowest BCUT2D eigenvalue weighted by Crippen LogP contribution is -2.21. The van der Waals surface area contributed by atoms with Gasteiger partial charge in [-0.3, -0.25) is 9.79 Å². The van der Waals surface area contributed by atoms with E-state index < -0.39 is 0 Å². The van der Waals surface area contributed by atoms with Gasteiger partial charge < -0.3 is 4.74 Å². The zero-order chi connectivity index (χ0) is 11.4. The molecule has 1 aromatic heterocycles. The maximum atomic E-state index is 10.5. The maximum absolute atomic E-state index is 10.5. The van der Waals surface area contributed by atoms with E-state index >= 15 is 0 Å². The zero-order valence-corrected chi connectivity index (χ0v) is 9.61. The van der Waals surface area contributed by atoms with Gasteiger partial charge in [-0.2, -0.15) is 0 Å². The Hall–Kier alpha value is -1.40. The summed E-state index contributed by atoms with van der Waals surface area (Å²) in [7, 11) is 0. The number of carbonyl (C=O) groups excluding carboxylic acids is 1. The summed E-state index contributed by atoms with van der Waals surface area (Å²) < 4.78 is 5.38. The molecular weight excluding hydrogens is 226 g/mol. The number of rotatable bonds is 4. The van der Waals surface area contributed by atoms with Crippen molar-refractivity contribution in [1.82, 2.24) is 4.98 Å². The Balaban J connectivity index is 2.19. The first-order valence-electron chi connectivity index (χ1n) is 4.94. The van der Waals surface area contributed by atoms with Crippen LogP contribution < -0.4 is 0 Å². The Morgan fingerprint density at radius 2 is 2.56 bits per heavy atom. The number of nitrogens with zero attached hydrogens (tertiary/aromatic N) is 3. The summed E-state index contributed by atoms with van der Waals surface area (Å²) >= 11 is 1.30. The third-order valence-corrected chi connectivity index (χ3v) is 2.94. The summed E-state index contributed by atoms with van der Waals surface area (Å²) in [6, 6.07) is 0. The Labute approximate surface area is 96.9 Å². The zero-order valence-electron chi connectivity index (χ0n) is 8.79. The van der Waals surface area contributed by atoms with Crippen molar-refractivity contribution in [2.75, 3.05) is 13.2 Å². The lowest BCUT2D eigenvalue weighted by Gasteiger charge is -2.14. The molecule has 0 saturated heterocycles. The first-order chi connectivity index (χ1) is 7.83. The van der Waals surface area contributed by atoms with Crippen molar-refractivity contribution in [1.29, 1.82) is 0 Å². The quantitative estimate of drug-likeness (QED) is 0.739. The van der Waals surface area contributed by atoms with Crippen molar-refractivity contribution in [2.45, 2.75) is 13.2 Å². The van der Waals surface area contributed by atoms with Crippen molar-refractivity contribution in [2.24, 2.45) is 9.98 Å². The number of aliphatic imine (C=N–C) groups is 2. The lowest BCUT2D eigenvalue weighted by atomic mass is 10.3. The highest BCUT2D eigenvalue weighted by atomic mass is 32.1. The summed E-state index contributed by atoms with van der Waals surface area (Å²) in [5.41, 5.74) is 0.732. The highest BCUT2D eigenvalue weighted by Crippen LogP contribution is 2.14. The Bertz CT molecular complexity index is 439. The second-order valence-electron chi connectivity index (χ2n) is 3.10. The Morgan fingerprint density at radius 1 is 1.69 bits per heavy atom. The van der Waals surface area contributed by atoms with Crippen molar-refractivity contribution in [3.63, 3.8) is 0 Å². The van der Waals surface area contributed by atoms with E-state index in [9.17, 15) is 4.79 Å². The molecule has 0 amide bonds. The molecule has 0 radical (unpaired) electrons. The number of carbonyl (C=O) groups is 1. The van der Waals surface area contributed by atoms with Gasteiger partial charge in [-0.05, 0) is 6.92 Å². The first-order valence-corrected chi connectivity index (χ1v) is 5.75. The lowest BCUT2D eigenvalue weighted by molar-refractivity contribution is 0.0757. The van der Waals surface area contributed by atoms with Gasteiger partial charge in [0.25, 0.3) is 0 Å². The van der Waals surface area contributed by atoms with E-state index in [1.54, 1.807) is 12.4 Å². The third-order valence-electron chi connectivity index (χ3n) is 1.99. The van der Waals surface area contributed by atoms with Crippen LogP contribution in [0.4, 0.5) is 0 Å². The minimum atomic E-state index is -0.216. The molecule has 1 aliphatic heterocycles. The predicted molar refractivity (Wildman–Crippen MR) is 62.8 cm³/mol. The fourth-order valence-corrected chi connectivity index (χ4v) is 2.02. The van der Waals surface area contributed by atoms with Crippen molar-refractivity contribution < 1.29 is 9.53 Å². The molecule has 0 spiro atoms. The average molecular weight is 237 g/mol. The van der Waals surface area contributed by atoms with Crippen LogP contribution in [0, 0.1) is 0 Å². The molecule has 0 N–H and O–H groups in total. The molecule has 0 bridgehead atoms. The number of ether oxygens (including phenoxy) is 1. The molecule has 5 nitrogen and oxygen atoms in total. The van der Waals surface area contributed by atoms with Crippen LogP contribution in [0.3, 0.4) is 0 Å². The molecule has 16 heavy (non-hydrogen) atoms. The molecule has 2 heterocycles. The fraction of sp³-hybridized carbons (Fsp3) is 0.400. The van der Waals surface area contributed by atoms with Crippen LogP contribution in [0.5, 0.6) is 0 Å². The fourth-order valence-electron chi connectivity index (χ4n) is 1.33. The van der Waals surface area contributed by atoms with Crippen LogP contribution in [0.15, 0.2) is 16.2 Å². The Kier molecular flexibility index (Phi) is 3.53. The van der Waals surface area contributed by atoms with Gasteiger partial charge in [0.05, 0.1) is 17.1 Å². The maximum Gasteiger partial charge on any atom is 0.178 e. The minimum Gasteiger partial charge on any atom is -0.355 e. The van der Waals surface area contributed by atoms with Crippen molar-refractivity contribution >= 4 is 29.5 Å². The summed E-state index contributed by atoms with van der Waals surface area (Å²) in [5.74, 6) is 0. The van der Waals surface area contributed by atoms with Crippen LogP contribution >= 0.6 is 11.3 Å². The average Bonchev–Trinajstić information content (AvgIpc) is 2.78. The van der Waals surface area contributed by atoms with E-state index in [1.807, 2.05) is 6.92 Å². The normalized spacial score (nSPS) is 19.6. The molecule has 0 fully saturated rings. The van der Waals surface area contributed by atoms with E-state index in [-0.39, 0.29) is 6.23 Å². The number of aromatic nitrogens is 1. The largest absolute Gasteiger partial charge is 0.355 e. The number of hydrogen-bond donors (Lipinski definition) is 0. The highest BCUT2D eigenvalue weighted by Gasteiger charge is 2.14. The van der Waals surface area contributed by atoms with E-state index in [1.165, 1.54) is 11.3 Å². The molecule has 1 atom stereocenters. The molecule has 84 valence electrons. The molecule has 1 aliphatic rings. The van der Waals surface area contributed by atoms with E-state index in [2.05, 4.69) is 15.0 Å². The SMILES string of the molecule is CCOC1CN=CC(c2cnc(C=O)s2)=N1. The molecule has 0 saturated carbocycles. The molecule has 1 unspecified atom stereocenters. The van der Waals surface area contributed by atoms with Crippen molar-refractivity contribution in [3.8, 4) is 0 Å². The molecule has 0 aromatic carbocycles. The van der Waals surface area contributed by atoms with Gasteiger partial charge in [-0.1, -0.05) is 0 Å². The van der Waals surface area contributed by atoms with Gasteiger partial charge in [-0.15, -0.1) is 11.3 Å². The Morgan fingerprint density at radius 3 is 3.25 bits per heavy atom. The predicted octanol–water partition coefficient (Wildman–Crippen LogP) is 1.19. The topological polar surface area (TPSA) is 63.9 Å². The van der Waals surface area contributed by atoms with Crippen LogP contribution in [0.2, 0.25) is 0 Å².